The Labute approximate surface area is 204 Å². The first-order valence-corrected chi connectivity index (χ1v) is 11.6. The highest BCUT2D eigenvalue weighted by atomic mass is 19.1. The summed E-state index contributed by atoms with van der Waals surface area (Å²) in [4.78, 5) is 6.33. The zero-order valence-electron chi connectivity index (χ0n) is 20.2. The molecular formula is C26H32FN3O5. The molecule has 0 aliphatic carbocycles. The van der Waals surface area contributed by atoms with Crippen LogP contribution in [0.25, 0.3) is 0 Å². The number of ether oxygens (including phenoxy) is 4. The van der Waals surface area contributed by atoms with Crippen LogP contribution in [0.1, 0.15) is 11.4 Å². The van der Waals surface area contributed by atoms with Gasteiger partial charge in [0, 0.05) is 38.1 Å². The first kappa shape index (κ1) is 25.0. The van der Waals surface area contributed by atoms with Gasteiger partial charge in [0.25, 0.3) is 0 Å². The van der Waals surface area contributed by atoms with Crippen molar-refractivity contribution in [3.8, 4) is 17.2 Å². The molecule has 0 unspecified atom stereocenters. The maximum absolute atomic E-state index is 13.4. The van der Waals surface area contributed by atoms with E-state index in [0.29, 0.717) is 56.6 Å². The van der Waals surface area contributed by atoms with Gasteiger partial charge in [-0.05, 0) is 36.8 Å². The van der Waals surface area contributed by atoms with Crippen LogP contribution in [-0.2, 0) is 17.8 Å². The third kappa shape index (κ3) is 6.94. The van der Waals surface area contributed by atoms with E-state index in [4.69, 9.17) is 18.9 Å². The molecule has 35 heavy (non-hydrogen) atoms. The second-order valence-corrected chi connectivity index (χ2v) is 8.74. The SMILES string of the molecule is COc1cc(CN2CCOC[C@@](O)(COc3cccc(F)c3)C2)ccc1OCCn1ccnc1C. The molecule has 0 spiro atoms. The molecule has 2 aromatic carbocycles. The van der Waals surface area contributed by atoms with Crippen molar-refractivity contribution in [2.45, 2.75) is 25.6 Å². The number of imidazole rings is 1. The summed E-state index contributed by atoms with van der Waals surface area (Å²) in [6.07, 6.45) is 3.70. The first-order valence-electron chi connectivity index (χ1n) is 11.6. The standard InChI is InChI=1S/C26H32FN3O5/c1-20-28-8-9-30(20)11-13-34-24-7-6-21(14-25(24)32-2)16-29-10-12-33-18-26(31,17-29)19-35-23-5-3-4-22(27)15-23/h3-9,14-15,31H,10-13,16-19H2,1-2H3/t26-/m1/s1. The van der Waals surface area contributed by atoms with Gasteiger partial charge in [0.05, 0.1) is 26.9 Å². The second-order valence-electron chi connectivity index (χ2n) is 8.74. The van der Waals surface area contributed by atoms with Gasteiger partial charge in [-0.25, -0.2) is 9.37 Å². The molecule has 1 N–H and O–H groups in total. The van der Waals surface area contributed by atoms with Gasteiger partial charge in [-0.1, -0.05) is 12.1 Å². The highest BCUT2D eigenvalue weighted by molar-refractivity contribution is 5.43. The molecule has 0 radical (unpaired) electrons. The second kappa shape index (κ2) is 11.5. The molecule has 1 fully saturated rings. The predicted octanol–water partition coefficient (Wildman–Crippen LogP) is 3.06. The van der Waals surface area contributed by atoms with Crippen LogP contribution in [0.15, 0.2) is 54.9 Å². The van der Waals surface area contributed by atoms with Gasteiger partial charge in [-0.2, -0.15) is 0 Å². The molecule has 0 saturated carbocycles. The Kier molecular flexibility index (Phi) is 8.22. The van der Waals surface area contributed by atoms with E-state index in [9.17, 15) is 9.50 Å². The average molecular weight is 486 g/mol. The molecule has 188 valence electrons. The van der Waals surface area contributed by atoms with E-state index < -0.39 is 5.60 Å². The predicted molar refractivity (Wildman–Crippen MR) is 128 cm³/mol. The number of β-amino-alcohol motifs (C(OH)–C–C–N with tert-alkyl or cyclic N) is 1. The zero-order valence-corrected chi connectivity index (χ0v) is 20.2. The lowest BCUT2D eigenvalue weighted by molar-refractivity contribution is -0.0647. The number of halogens is 1. The summed E-state index contributed by atoms with van der Waals surface area (Å²) in [6, 6.07) is 11.7. The van der Waals surface area contributed by atoms with Crippen molar-refractivity contribution < 1.29 is 28.4 Å². The van der Waals surface area contributed by atoms with Crippen LogP contribution in [0.3, 0.4) is 0 Å². The summed E-state index contributed by atoms with van der Waals surface area (Å²) in [5, 5.41) is 11.1. The van der Waals surface area contributed by atoms with Gasteiger partial charge in [-0.15, -0.1) is 0 Å². The maximum atomic E-state index is 13.4. The van der Waals surface area contributed by atoms with Crippen LogP contribution in [0.4, 0.5) is 4.39 Å². The number of methoxy groups -OCH3 is 1. The van der Waals surface area contributed by atoms with Crippen molar-refractivity contribution in [2.24, 2.45) is 0 Å². The van der Waals surface area contributed by atoms with E-state index in [0.717, 1.165) is 11.4 Å². The van der Waals surface area contributed by atoms with Crippen molar-refractivity contribution in [3.05, 3.63) is 72.1 Å². The minimum Gasteiger partial charge on any atom is -0.493 e. The molecule has 1 aliphatic heterocycles. The van der Waals surface area contributed by atoms with E-state index in [1.54, 1.807) is 25.4 Å². The van der Waals surface area contributed by atoms with Gasteiger partial charge in [-0.3, -0.25) is 4.90 Å². The topological polar surface area (TPSA) is 78.2 Å². The fourth-order valence-electron chi connectivity index (χ4n) is 4.08. The molecule has 4 rings (SSSR count). The number of hydrogen-bond donors (Lipinski definition) is 1. The van der Waals surface area contributed by atoms with Crippen LogP contribution in [-0.4, -0.2) is 71.8 Å². The third-order valence-corrected chi connectivity index (χ3v) is 5.89. The quantitative estimate of drug-likeness (QED) is 0.473. The molecule has 8 nitrogen and oxygen atoms in total. The van der Waals surface area contributed by atoms with Gasteiger partial charge in [0.1, 0.15) is 36.2 Å². The lowest BCUT2D eigenvalue weighted by Crippen LogP contribution is -2.48. The fourth-order valence-corrected chi connectivity index (χ4v) is 4.08. The molecule has 9 heteroatoms. The van der Waals surface area contributed by atoms with Gasteiger partial charge in [0.15, 0.2) is 11.5 Å². The summed E-state index contributed by atoms with van der Waals surface area (Å²) < 4.78 is 38.3. The zero-order chi connectivity index (χ0) is 24.7. The number of aliphatic hydroxyl groups is 1. The van der Waals surface area contributed by atoms with Crippen molar-refractivity contribution in [1.29, 1.82) is 0 Å². The van der Waals surface area contributed by atoms with Gasteiger partial charge >= 0.3 is 0 Å². The molecule has 2 heterocycles. The first-order chi connectivity index (χ1) is 16.9. The van der Waals surface area contributed by atoms with E-state index in [-0.39, 0.29) is 19.0 Å². The highest BCUT2D eigenvalue weighted by Gasteiger charge is 2.33. The monoisotopic (exact) mass is 485 g/mol. The minimum absolute atomic E-state index is 0.000554. The average Bonchev–Trinajstić information content (AvgIpc) is 3.16. The molecule has 1 aromatic heterocycles. The Balaban J connectivity index is 1.35. The Hall–Kier alpha value is -3.14. The van der Waals surface area contributed by atoms with E-state index in [1.807, 2.05) is 35.9 Å². The van der Waals surface area contributed by atoms with Crippen LogP contribution in [0, 0.1) is 12.7 Å². The summed E-state index contributed by atoms with van der Waals surface area (Å²) in [6.45, 7) is 5.39. The van der Waals surface area contributed by atoms with E-state index >= 15 is 0 Å². The third-order valence-electron chi connectivity index (χ3n) is 5.89. The maximum Gasteiger partial charge on any atom is 0.161 e. The number of nitrogens with zero attached hydrogens (tertiary/aromatic N) is 3. The molecule has 3 aromatic rings. The van der Waals surface area contributed by atoms with Crippen LogP contribution in [0.2, 0.25) is 0 Å². The number of rotatable bonds is 10. The Morgan fingerprint density at radius 3 is 2.83 bits per heavy atom. The summed E-state index contributed by atoms with van der Waals surface area (Å²) in [5.41, 5.74) is -0.198. The number of aromatic nitrogens is 2. The lowest BCUT2D eigenvalue weighted by atomic mass is 10.1. The Morgan fingerprint density at radius 2 is 2.06 bits per heavy atom. The van der Waals surface area contributed by atoms with Crippen molar-refractivity contribution in [2.75, 3.05) is 46.6 Å². The van der Waals surface area contributed by atoms with Crippen LogP contribution >= 0.6 is 0 Å². The highest BCUT2D eigenvalue weighted by Crippen LogP contribution is 2.29. The van der Waals surface area contributed by atoms with Crippen molar-refractivity contribution in [1.82, 2.24) is 14.5 Å². The normalized spacial score (nSPS) is 18.7. The number of hydrogen-bond acceptors (Lipinski definition) is 7. The summed E-state index contributed by atoms with van der Waals surface area (Å²) in [7, 11) is 1.62. The molecular weight excluding hydrogens is 453 g/mol. The lowest BCUT2D eigenvalue weighted by Gasteiger charge is -2.30. The molecule has 1 aliphatic rings. The fraction of sp³-hybridized carbons (Fsp3) is 0.423. The van der Waals surface area contributed by atoms with E-state index in [1.165, 1.54) is 12.1 Å². The number of aryl methyl sites for hydroxylation is 1. The van der Waals surface area contributed by atoms with Crippen molar-refractivity contribution >= 4 is 0 Å². The van der Waals surface area contributed by atoms with Crippen LogP contribution < -0.4 is 14.2 Å². The van der Waals surface area contributed by atoms with Gasteiger partial charge < -0.3 is 28.6 Å². The Bertz CT molecular complexity index is 1110. The molecule has 0 bridgehead atoms. The van der Waals surface area contributed by atoms with Crippen molar-refractivity contribution in [3.63, 3.8) is 0 Å². The van der Waals surface area contributed by atoms with E-state index in [2.05, 4.69) is 9.88 Å². The molecule has 1 saturated heterocycles. The van der Waals surface area contributed by atoms with Gasteiger partial charge in [0.2, 0.25) is 0 Å². The number of benzene rings is 2. The molecule has 1 atom stereocenters. The Morgan fingerprint density at radius 1 is 1.17 bits per heavy atom. The summed E-state index contributed by atoms with van der Waals surface area (Å²) in [5.74, 6) is 2.26. The minimum atomic E-state index is -1.22. The molecule has 0 amide bonds. The smallest absolute Gasteiger partial charge is 0.161 e. The summed E-state index contributed by atoms with van der Waals surface area (Å²) >= 11 is 0. The van der Waals surface area contributed by atoms with Crippen LogP contribution in [0.5, 0.6) is 17.2 Å². The largest absolute Gasteiger partial charge is 0.493 e.